The maximum atomic E-state index is 12.8. The number of amides is 1. The first kappa shape index (κ1) is 22.3. The fraction of sp³-hybridized carbons (Fsp3) is 0.294. The molecule has 0 spiro atoms. The van der Waals surface area contributed by atoms with Crippen LogP contribution in [0.3, 0.4) is 0 Å². The van der Waals surface area contributed by atoms with Crippen LogP contribution in [0.4, 0.5) is 0 Å². The third kappa shape index (κ3) is 5.86. The summed E-state index contributed by atoms with van der Waals surface area (Å²) in [6.07, 6.45) is 3.72. The number of benzene rings is 1. The number of hydrogen-bond acceptors (Lipinski definition) is 4. The van der Waals surface area contributed by atoms with E-state index in [9.17, 15) is 4.79 Å². The highest BCUT2D eigenvalue weighted by atomic mass is 79.9. The molecule has 3 rings (SSSR count). The molecular formula is C17H20BrCl2N3OS. The number of likely N-dealkylation sites (tertiary alicyclic amines) is 1. The summed E-state index contributed by atoms with van der Waals surface area (Å²) in [7, 11) is 0. The molecule has 1 aromatic carbocycles. The molecule has 1 aromatic heterocycles. The molecule has 1 fully saturated rings. The summed E-state index contributed by atoms with van der Waals surface area (Å²) < 4.78 is 0.938. The molecule has 1 aliphatic rings. The lowest BCUT2D eigenvalue weighted by Gasteiger charge is -2.31. The van der Waals surface area contributed by atoms with Crippen molar-refractivity contribution in [2.45, 2.75) is 28.8 Å². The Labute approximate surface area is 172 Å². The van der Waals surface area contributed by atoms with Crippen LogP contribution in [0.2, 0.25) is 0 Å². The molecule has 0 saturated carbocycles. The van der Waals surface area contributed by atoms with Gasteiger partial charge in [0.2, 0.25) is 0 Å². The van der Waals surface area contributed by atoms with Crippen molar-refractivity contribution in [2.75, 3.05) is 13.1 Å². The predicted molar refractivity (Wildman–Crippen MR) is 110 cm³/mol. The van der Waals surface area contributed by atoms with Gasteiger partial charge in [0.15, 0.2) is 0 Å². The molecule has 2 aromatic rings. The van der Waals surface area contributed by atoms with Crippen LogP contribution in [0.5, 0.6) is 0 Å². The SMILES string of the molecule is Cl.Cl.NC1CCCN(C(=O)c2ccccc2Sc2ccc(Br)cn2)C1. The first-order valence-corrected chi connectivity index (χ1v) is 9.18. The highest BCUT2D eigenvalue weighted by molar-refractivity contribution is 9.10. The van der Waals surface area contributed by atoms with E-state index in [-0.39, 0.29) is 36.8 Å². The maximum absolute atomic E-state index is 12.8. The summed E-state index contributed by atoms with van der Waals surface area (Å²) in [5.41, 5.74) is 6.72. The average molecular weight is 465 g/mol. The summed E-state index contributed by atoms with van der Waals surface area (Å²) in [6.45, 7) is 1.41. The van der Waals surface area contributed by atoms with Crippen molar-refractivity contribution in [3.63, 3.8) is 0 Å². The Bertz CT molecular complexity index is 703. The minimum Gasteiger partial charge on any atom is -0.337 e. The van der Waals surface area contributed by atoms with Crippen LogP contribution < -0.4 is 5.73 Å². The van der Waals surface area contributed by atoms with Crippen molar-refractivity contribution >= 4 is 58.4 Å². The zero-order valence-corrected chi connectivity index (χ0v) is 17.5. The second-order valence-corrected chi connectivity index (χ2v) is 7.54. The first-order valence-electron chi connectivity index (χ1n) is 7.57. The second kappa shape index (κ2) is 10.4. The van der Waals surface area contributed by atoms with E-state index in [2.05, 4.69) is 20.9 Å². The van der Waals surface area contributed by atoms with E-state index in [1.165, 1.54) is 11.8 Å². The Morgan fingerprint density at radius 2 is 2.00 bits per heavy atom. The molecule has 1 amide bonds. The van der Waals surface area contributed by atoms with Gasteiger partial charge in [-0.05, 0) is 53.0 Å². The number of piperidine rings is 1. The molecule has 1 unspecified atom stereocenters. The van der Waals surface area contributed by atoms with Gasteiger partial charge in [0, 0.05) is 34.7 Å². The van der Waals surface area contributed by atoms with Crippen LogP contribution in [0.25, 0.3) is 0 Å². The Kier molecular flexibility index (Phi) is 9.24. The number of rotatable bonds is 3. The quantitative estimate of drug-likeness (QED) is 0.731. The van der Waals surface area contributed by atoms with Gasteiger partial charge in [-0.3, -0.25) is 4.79 Å². The third-order valence-electron chi connectivity index (χ3n) is 3.78. The maximum Gasteiger partial charge on any atom is 0.255 e. The number of halogens is 3. The minimum atomic E-state index is 0. The van der Waals surface area contributed by atoms with E-state index in [1.807, 2.05) is 41.3 Å². The van der Waals surface area contributed by atoms with Crippen molar-refractivity contribution in [3.05, 3.63) is 52.6 Å². The second-order valence-electron chi connectivity index (χ2n) is 5.57. The van der Waals surface area contributed by atoms with E-state index in [0.717, 1.165) is 39.3 Å². The van der Waals surface area contributed by atoms with Gasteiger partial charge < -0.3 is 10.6 Å². The molecule has 1 atom stereocenters. The lowest BCUT2D eigenvalue weighted by molar-refractivity contribution is 0.0705. The number of hydrogen-bond donors (Lipinski definition) is 1. The lowest BCUT2D eigenvalue weighted by atomic mass is 10.1. The Morgan fingerprint density at radius 1 is 1.24 bits per heavy atom. The van der Waals surface area contributed by atoms with Crippen molar-refractivity contribution in [2.24, 2.45) is 5.73 Å². The van der Waals surface area contributed by atoms with E-state index in [1.54, 1.807) is 6.20 Å². The fourth-order valence-corrected chi connectivity index (χ4v) is 3.75. The molecule has 2 heterocycles. The zero-order valence-electron chi connectivity index (χ0n) is 13.4. The van der Waals surface area contributed by atoms with Gasteiger partial charge in [0.25, 0.3) is 5.91 Å². The third-order valence-corrected chi connectivity index (χ3v) is 5.27. The minimum absolute atomic E-state index is 0. The van der Waals surface area contributed by atoms with E-state index >= 15 is 0 Å². The highest BCUT2D eigenvalue weighted by Crippen LogP contribution is 2.30. The fourth-order valence-electron chi connectivity index (χ4n) is 2.63. The van der Waals surface area contributed by atoms with E-state index in [0.29, 0.717) is 6.54 Å². The number of nitrogens with two attached hydrogens (primary N) is 1. The van der Waals surface area contributed by atoms with Crippen LogP contribution in [-0.4, -0.2) is 34.9 Å². The van der Waals surface area contributed by atoms with Crippen molar-refractivity contribution in [1.82, 2.24) is 9.88 Å². The number of aromatic nitrogens is 1. The number of carbonyl (C=O) groups is 1. The van der Waals surface area contributed by atoms with Crippen LogP contribution in [-0.2, 0) is 0 Å². The molecular weight excluding hydrogens is 445 g/mol. The number of nitrogens with zero attached hydrogens (tertiary/aromatic N) is 2. The van der Waals surface area contributed by atoms with Crippen LogP contribution in [0.15, 0.2) is 57.0 Å². The molecule has 8 heteroatoms. The van der Waals surface area contributed by atoms with Crippen molar-refractivity contribution in [1.29, 1.82) is 0 Å². The first-order chi connectivity index (χ1) is 11.1. The van der Waals surface area contributed by atoms with Gasteiger partial charge in [-0.25, -0.2) is 4.98 Å². The Morgan fingerprint density at radius 3 is 2.68 bits per heavy atom. The lowest BCUT2D eigenvalue weighted by Crippen LogP contribution is -2.45. The molecule has 0 bridgehead atoms. The van der Waals surface area contributed by atoms with Crippen LogP contribution >= 0.6 is 52.5 Å². The molecule has 1 aliphatic heterocycles. The van der Waals surface area contributed by atoms with Gasteiger partial charge in [-0.15, -0.1) is 24.8 Å². The standard InChI is InChI=1S/C17H18BrN3OS.2ClH/c18-12-7-8-16(20-10-12)23-15-6-2-1-5-14(15)17(22)21-9-3-4-13(19)11-21;;/h1-2,5-8,10,13H,3-4,9,11,19H2;2*1H. The molecule has 4 nitrogen and oxygen atoms in total. The molecule has 1 saturated heterocycles. The Balaban J connectivity index is 0.00000156. The molecule has 25 heavy (non-hydrogen) atoms. The van der Waals surface area contributed by atoms with Crippen molar-refractivity contribution < 1.29 is 4.79 Å². The van der Waals surface area contributed by atoms with Gasteiger partial charge in [0.1, 0.15) is 5.03 Å². The largest absolute Gasteiger partial charge is 0.337 e. The topological polar surface area (TPSA) is 59.2 Å². The number of carbonyl (C=O) groups excluding carboxylic acids is 1. The summed E-state index contributed by atoms with van der Waals surface area (Å²) in [5, 5.41) is 0.865. The molecule has 0 radical (unpaired) electrons. The molecule has 136 valence electrons. The summed E-state index contributed by atoms with van der Waals surface area (Å²) in [5.74, 6) is 0.0559. The van der Waals surface area contributed by atoms with Crippen molar-refractivity contribution in [3.8, 4) is 0 Å². The van der Waals surface area contributed by atoms with Gasteiger partial charge in [0.05, 0.1) is 5.56 Å². The predicted octanol–water partition coefficient (Wildman–Crippen LogP) is 4.40. The summed E-state index contributed by atoms with van der Waals surface area (Å²) in [6, 6.07) is 11.7. The normalized spacial score (nSPS) is 16.6. The summed E-state index contributed by atoms with van der Waals surface area (Å²) >= 11 is 4.89. The zero-order chi connectivity index (χ0) is 16.2. The number of pyridine rings is 1. The Hall–Kier alpha value is -0.790. The average Bonchev–Trinajstić information content (AvgIpc) is 2.57. The summed E-state index contributed by atoms with van der Waals surface area (Å²) in [4.78, 5) is 20.0. The molecule has 0 aliphatic carbocycles. The van der Waals surface area contributed by atoms with Gasteiger partial charge in [-0.2, -0.15) is 0 Å². The smallest absolute Gasteiger partial charge is 0.255 e. The highest BCUT2D eigenvalue weighted by Gasteiger charge is 2.24. The van der Waals surface area contributed by atoms with E-state index in [4.69, 9.17) is 5.73 Å². The molecule has 2 N–H and O–H groups in total. The van der Waals surface area contributed by atoms with Crippen LogP contribution in [0.1, 0.15) is 23.2 Å². The monoisotopic (exact) mass is 463 g/mol. The van der Waals surface area contributed by atoms with Gasteiger partial charge >= 0.3 is 0 Å². The van der Waals surface area contributed by atoms with Crippen LogP contribution in [0, 0.1) is 0 Å². The van der Waals surface area contributed by atoms with Gasteiger partial charge in [-0.1, -0.05) is 23.9 Å². The van der Waals surface area contributed by atoms with E-state index < -0.39 is 0 Å².